The van der Waals surface area contributed by atoms with Gasteiger partial charge in [-0.2, -0.15) is 13.2 Å². The fraction of sp³-hybridized carbons (Fsp3) is 0.529. The number of ether oxygens (including phenoxy) is 4. The van der Waals surface area contributed by atoms with Crippen molar-refractivity contribution in [1.29, 1.82) is 0 Å². The van der Waals surface area contributed by atoms with Gasteiger partial charge in [0.05, 0.1) is 65.7 Å². The number of aromatic hydroxyl groups is 1. The van der Waals surface area contributed by atoms with Gasteiger partial charge in [0.15, 0.2) is 20.4 Å². The summed E-state index contributed by atoms with van der Waals surface area (Å²) in [6.07, 6.45) is 2.05. The maximum Gasteiger partial charge on any atom is 0.426 e. The van der Waals surface area contributed by atoms with Gasteiger partial charge in [0.2, 0.25) is 6.10 Å². The molecule has 4 bridgehead atoms. The first kappa shape index (κ1) is 95.4. The second-order valence-electron chi connectivity index (χ2n) is 32.2. The molecule has 0 aliphatic heterocycles. The van der Waals surface area contributed by atoms with Crippen LogP contribution in [0.4, 0.5) is 13.2 Å². The summed E-state index contributed by atoms with van der Waals surface area (Å²) in [5.74, 6) is -2.48. The number of carbonyl (C=O) groups excluding carboxylic acids is 4. The fourth-order valence-corrected chi connectivity index (χ4v) is 19.2. The number of benzene rings is 6. The van der Waals surface area contributed by atoms with Crippen LogP contribution in [-0.4, -0.2) is 119 Å². The third-order valence-electron chi connectivity index (χ3n) is 20.9. The lowest BCUT2D eigenvalue weighted by molar-refractivity contribution is -0.885. The van der Waals surface area contributed by atoms with E-state index >= 15 is 0 Å². The van der Waals surface area contributed by atoms with Gasteiger partial charge >= 0.3 is 30.1 Å². The lowest BCUT2D eigenvalue weighted by atomic mass is 9.48. The zero-order valence-corrected chi connectivity index (χ0v) is 75.5. The van der Waals surface area contributed by atoms with E-state index in [2.05, 4.69) is 164 Å². The van der Waals surface area contributed by atoms with Gasteiger partial charge in [-0.15, -0.1) is 0 Å². The largest absolute Gasteiger partial charge is 0.872 e. The summed E-state index contributed by atoms with van der Waals surface area (Å²) in [4.78, 5) is 53.6. The summed E-state index contributed by atoms with van der Waals surface area (Å²) in [6, 6.07) is 46.0. The second kappa shape index (κ2) is 41.9. The Labute approximate surface area is 697 Å². The molecule has 0 amide bonds. The van der Waals surface area contributed by atoms with E-state index in [0.29, 0.717) is 43.8 Å². The molecule has 6 aromatic carbocycles. The molecule has 1 aromatic heterocycles. The van der Waals surface area contributed by atoms with Crippen molar-refractivity contribution in [3.63, 3.8) is 0 Å². The van der Waals surface area contributed by atoms with Crippen molar-refractivity contribution in [2.45, 2.75) is 208 Å². The van der Waals surface area contributed by atoms with Crippen LogP contribution in [0.2, 0.25) is 0 Å². The van der Waals surface area contributed by atoms with Crippen LogP contribution in [0.15, 0.2) is 148 Å². The lowest BCUT2D eigenvalue weighted by Gasteiger charge is -2.60. The summed E-state index contributed by atoms with van der Waals surface area (Å²) in [7, 11) is 3.11. The Bertz CT molecular complexity index is 4140. The molecule has 5 aliphatic rings. The molecule has 1 heterocycles. The fourth-order valence-electron chi connectivity index (χ4n) is 13.6. The summed E-state index contributed by atoms with van der Waals surface area (Å²) >= 11 is 10.5. The van der Waals surface area contributed by atoms with Crippen LogP contribution < -0.4 is 20.0 Å². The Morgan fingerprint density at radius 3 is 1.48 bits per heavy atom. The number of esters is 4. The molecule has 0 saturated heterocycles. The first-order valence-electron chi connectivity index (χ1n) is 37.6. The monoisotopic (exact) mass is 1920 g/mol. The Balaban J connectivity index is 0.000000241. The van der Waals surface area contributed by atoms with Gasteiger partial charge in [-0.25, -0.2) is 8.42 Å². The number of phenols is 1. The number of quaternary nitrogens is 2. The number of phenolic OH excluding ortho intramolecular Hbond substituents is 1. The highest BCUT2D eigenvalue weighted by atomic mass is 127. The summed E-state index contributed by atoms with van der Waals surface area (Å²) in [6.45, 7) is 25.3. The second-order valence-corrected chi connectivity index (χ2v) is 39.8. The quantitative estimate of drug-likeness (QED) is 0.0212. The van der Waals surface area contributed by atoms with Crippen molar-refractivity contribution in [3.05, 3.63) is 161 Å². The summed E-state index contributed by atoms with van der Waals surface area (Å²) < 4.78 is 101. The Morgan fingerprint density at radius 1 is 0.627 bits per heavy atom. The number of alkyl halides is 3. The van der Waals surface area contributed by atoms with Crippen LogP contribution in [0.25, 0.3) is 25.1 Å². The molecule has 5 fully saturated rings. The number of hydrogen-bond donors (Lipinski definition) is 3. The predicted molar refractivity (Wildman–Crippen MR) is 452 cm³/mol. The van der Waals surface area contributed by atoms with Crippen molar-refractivity contribution in [3.8, 4) is 22.1 Å². The van der Waals surface area contributed by atoms with Crippen LogP contribution >= 0.6 is 87.5 Å². The van der Waals surface area contributed by atoms with E-state index in [0.717, 1.165) is 67.7 Å². The topological polar surface area (TPSA) is 238 Å². The van der Waals surface area contributed by atoms with E-state index in [1.165, 1.54) is 53.3 Å². The first-order chi connectivity index (χ1) is 51.2. The maximum atomic E-state index is 13.3. The van der Waals surface area contributed by atoms with E-state index in [1.54, 1.807) is 56.3 Å². The number of hydrogen-bond acceptors (Lipinski definition) is 14. The van der Waals surface area contributed by atoms with Crippen LogP contribution in [0, 0.1) is 40.6 Å². The Morgan fingerprint density at radius 2 is 1.07 bits per heavy atom. The minimum absolute atomic E-state index is 0.00100. The van der Waals surface area contributed by atoms with Gasteiger partial charge in [0.1, 0.15) is 30.0 Å². The highest BCUT2D eigenvalue weighted by Gasteiger charge is 2.64. The zero-order valence-electron chi connectivity index (χ0n) is 66.4. The standard InChI is InChI=1S/C20H29F3O7S.C18H13S.C13H28N2O2.C12H22O2.C10H14O.2C6H4BrIO/c1-4-17(2,3)15(24)30-19-8-12-5-13(9-19)7-18(6-12,11-19)16(25)29-14(20(21,22)23)10-31(26,27)28;1-2-8-14(9-3-1)19-17-12-6-4-10-15(17)16-11-5-7-13-18(16)19;1-8-13(2,3)12(16)17-11(9-14(4)5)10-15(6)7;1-5-11(2,3)10(13)14-12(4)8-6-7-9-12;1-3-8(2)9-5-4-6-10(11)7-9;2*7-4-1-2-6(9)5(8)3-4/h12-14H,4-11H2,1-3H3,(H,26,27,28);1-13H;11H,8-10H2,1-7H3;5-9H2,1-4H3;4-8,11H,3H2,1-2H3;2*1-3,9H/q;+1;;;;;/p-1. The van der Waals surface area contributed by atoms with E-state index in [-0.39, 0.29) is 74.7 Å². The molecule has 5 aliphatic carbocycles. The SMILES string of the molecule is CCC(C)(C)C(=O)OC(C[NH+](C)C)C[NH+](C)C.CCC(C)(C)C(=O)OC1(C)CCCC1.CCC(C)(C)C(=O)OC12CC3CC(C1)CC(C(=O)OC(CS(=O)(=O)[O-])C(F)(F)F)(C3)C2.CCC(C)c1cccc(O)c1.[O-]c1ccc(Br)cc1I.[O-]c1ccc(Br)cc1I.c1ccc(-[s+]2c3ccccc3c3ccccc32)cc1. The van der Waals surface area contributed by atoms with Gasteiger partial charge in [0, 0.05) is 43.7 Å². The van der Waals surface area contributed by atoms with Gasteiger partial charge in [-0.1, -0.05) is 145 Å². The normalized spacial score (nSPS) is 18.9. The number of fused-ring (bicyclic) bond motifs is 3. The molecule has 7 aromatic rings. The van der Waals surface area contributed by atoms with Crippen molar-refractivity contribution in [2.24, 2.45) is 33.5 Å². The van der Waals surface area contributed by atoms with Crippen LogP contribution in [0.1, 0.15) is 184 Å². The number of carbonyl (C=O) groups is 4. The van der Waals surface area contributed by atoms with Crippen molar-refractivity contribution >= 4 is 142 Å². The van der Waals surface area contributed by atoms with Crippen LogP contribution in [0.3, 0.4) is 0 Å². The highest BCUT2D eigenvalue weighted by molar-refractivity contribution is 14.1. The van der Waals surface area contributed by atoms with Crippen molar-refractivity contribution in [2.75, 3.05) is 47.0 Å². The molecule has 4 unspecified atom stereocenters. The third-order valence-corrected chi connectivity index (χ3v) is 26.6. The van der Waals surface area contributed by atoms with Crippen LogP contribution in [-0.2, 0) is 48.2 Å². The van der Waals surface area contributed by atoms with E-state index in [1.807, 2.05) is 112 Å². The molecule has 110 heavy (non-hydrogen) atoms. The summed E-state index contributed by atoms with van der Waals surface area (Å²) in [5, 5.41) is 33.4. The smallest absolute Gasteiger partial charge is 0.426 e. The summed E-state index contributed by atoms with van der Waals surface area (Å²) in [5.41, 5.74) is -2.62. The Hall–Kier alpha value is -5.14. The molecular formula is C85H113Br2F3I2N2O14S2. The van der Waals surface area contributed by atoms with Crippen molar-refractivity contribution < 1.29 is 89.4 Å². The first-order valence-corrected chi connectivity index (χ1v) is 44.2. The van der Waals surface area contributed by atoms with Gasteiger partial charge in [0.25, 0.3) is 0 Å². The maximum absolute atomic E-state index is 13.3. The molecule has 5 saturated carbocycles. The molecule has 3 N–H and O–H groups in total. The molecule has 4 atom stereocenters. The Kier molecular flexibility index (Phi) is 36.4. The third kappa shape index (κ3) is 29.0. The number of likely N-dealkylation sites (N-methyl/N-ethyl adjacent to an activating group) is 2. The van der Waals surface area contributed by atoms with E-state index in [4.69, 9.17) is 19.3 Å². The van der Waals surface area contributed by atoms with Gasteiger partial charge in [-0.3, -0.25) is 19.2 Å². The lowest BCUT2D eigenvalue weighted by Crippen LogP contribution is -3.11. The molecule has 12 rings (SSSR count). The average molecular weight is 1920 g/mol. The highest BCUT2D eigenvalue weighted by Crippen LogP contribution is 2.64. The van der Waals surface area contributed by atoms with Gasteiger partial charge in [-0.05, 0) is 273 Å². The minimum Gasteiger partial charge on any atom is -0.872 e. The molecule has 0 radical (unpaired) electrons. The van der Waals surface area contributed by atoms with Crippen LogP contribution in [0.5, 0.6) is 17.2 Å². The molecule has 25 heteroatoms. The minimum atomic E-state index is -5.27. The number of nitrogens with one attached hydrogen (secondary N) is 2. The zero-order chi connectivity index (χ0) is 82.5. The molecular weight excluding hydrogens is 1810 g/mol. The predicted octanol–water partition coefficient (Wildman–Crippen LogP) is 18.1. The number of thiophene rings is 1. The molecule has 608 valence electrons. The van der Waals surface area contributed by atoms with Gasteiger partial charge < -0.3 is 48.6 Å². The molecule has 16 nitrogen and oxygen atoms in total. The molecule has 0 spiro atoms. The van der Waals surface area contributed by atoms with E-state index in [9.17, 15) is 55.5 Å². The van der Waals surface area contributed by atoms with E-state index < -0.39 is 56.5 Å². The number of rotatable bonds is 20. The number of halogens is 7. The average Bonchev–Trinajstić information content (AvgIpc) is 0.950. The van der Waals surface area contributed by atoms with Crippen molar-refractivity contribution in [1.82, 2.24) is 0 Å².